The number of amides is 1. The summed E-state index contributed by atoms with van der Waals surface area (Å²) in [4.78, 5) is 24.5. The smallest absolute Gasteiger partial charge is 0.342 e. The molecule has 2 aromatic rings. The van der Waals surface area contributed by atoms with Crippen LogP contribution in [-0.4, -0.2) is 40.1 Å². The van der Waals surface area contributed by atoms with Gasteiger partial charge in [0.1, 0.15) is 11.3 Å². The normalized spacial score (nSPS) is 13.2. The van der Waals surface area contributed by atoms with Crippen molar-refractivity contribution in [2.24, 2.45) is 5.14 Å². The van der Waals surface area contributed by atoms with E-state index in [1.54, 1.807) is 0 Å². The maximum Gasteiger partial charge on any atom is 0.342 e. The van der Waals surface area contributed by atoms with Crippen LogP contribution in [0.5, 0.6) is 5.75 Å². The van der Waals surface area contributed by atoms with Crippen LogP contribution < -0.4 is 15.2 Å². The molecule has 3 N–H and O–H groups in total. The van der Waals surface area contributed by atoms with Crippen LogP contribution in [0.15, 0.2) is 53.4 Å². The number of nitrogens with one attached hydrogen (secondary N) is 1. The summed E-state index contributed by atoms with van der Waals surface area (Å²) < 4.78 is 33.3. The molecule has 2 aromatic carbocycles. The lowest BCUT2D eigenvalue weighted by molar-refractivity contribution is -0.129. The number of ether oxygens (including phenoxy) is 2. The Balaban J connectivity index is 2.03. The second kappa shape index (κ2) is 9.53. The van der Waals surface area contributed by atoms with Gasteiger partial charge in [0.2, 0.25) is 10.0 Å². The van der Waals surface area contributed by atoms with Gasteiger partial charge < -0.3 is 14.8 Å². The van der Waals surface area contributed by atoms with Crippen molar-refractivity contribution in [3.05, 3.63) is 59.7 Å². The standard InChI is InChI=1S/C20H24N2O6S/c1-13(15-7-5-4-6-8-15)12-22-19(23)14(2)28-20(24)17-11-16(29(21,25)26)9-10-18(17)27-3/h4-11,13-14H,12H2,1-3H3,(H,22,23)(H2,21,25,26)/t13-,14-/m1/s1. The zero-order chi connectivity index (χ0) is 21.6. The summed E-state index contributed by atoms with van der Waals surface area (Å²) in [6.45, 7) is 3.77. The van der Waals surface area contributed by atoms with Crippen molar-refractivity contribution in [3.63, 3.8) is 0 Å². The van der Waals surface area contributed by atoms with E-state index >= 15 is 0 Å². The van der Waals surface area contributed by atoms with Crippen molar-refractivity contribution in [2.45, 2.75) is 30.8 Å². The van der Waals surface area contributed by atoms with Gasteiger partial charge >= 0.3 is 5.97 Å². The molecule has 0 aliphatic carbocycles. The summed E-state index contributed by atoms with van der Waals surface area (Å²) in [5.74, 6) is -1.18. The van der Waals surface area contributed by atoms with Gasteiger partial charge in [0.15, 0.2) is 6.10 Å². The monoisotopic (exact) mass is 420 g/mol. The third-order valence-electron chi connectivity index (χ3n) is 4.32. The number of sulfonamides is 1. The third kappa shape index (κ3) is 6.03. The quantitative estimate of drug-likeness (QED) is 0.628. The first-order chi connectivity index (χ1) is 13.6. The summed E-state index contributed by atoms with van der Waals surface area (Å²) in [6.07, 6.45) is -1.09. The molecule has 0 saturated carbocycles. The number of carbonyl (C=O) groups is 2. The lowest BCUT2D eigenvalue weighted by Crippen LogP contribution is -2.37. The fourth-order valence-electron chi connectivity index (χ4n) is 2.60. The molecule has 1 amide bonds. The molecule has 0 unspecified atom stereocenters. The number of primary sulfonamides is 1. The number of methoxy groups -OCH3 is 1. The van der Waals surface area contributed by atoms with Gasteiger partial charge in [0, 0.05) is 6.54 Å². The highest BCUT2D eigenvalue weighted by Gasteiger charge is 2.23. The van der Waals surface area contributed by atoms with E-state index in [1.165, 1.54) is 26.2 Å². The second-order valence-corrected chi connectivity index (χ2v) is 8.07. The number of esters is 1. The van der Waals surface area contributed by atoms with E-state index in [-0.39, 0.29) is 22.1 Å². The lowest BCUT2D eigenvalue weighted by atomic mass is 10.0. The average Bonchev–Trinajstić information content (AvgIpc) is 2.70. The van der Waals surface area contributed by atoms with Crippen molar-refractivity contribution >= 4 is 21.9 Å². The number of carbonyl (C=O) groups excluding carboxylic acids is 2. The molecule has 0 aromatic heterocycles. The van der Waals surface area contributed by atoms with Crippen LogP contribution in [0.2, 0.25) is 0 Å². The van der Waals surface area contributed by atoms with Crippen LogP contribution in [0.1, 0.15) is 35.7 Å². The summed E-state index contributed by atoms with van der Waals surface area (Å²) in [6, 6.07) is 13.2. The number of hydrogen-bond acceptors (Lipinski definition) is 6. The van der Waals surface area contributed by atoms with E-state index < -0.39 is 28.0 Å². The van der Waals surface area contributed by atoms with Crippen molar-refractivity contribution in [1.82, 2.24) is 5.32 Å². The van der Waals surface area contributed by atoms with Crippen molar-refractivity contribution in [1.29, 1.82) is 0 Å². The fraction of sp³-hybridized carbons (Fsp3) is 0.300. The van der Waals surface area contributed by atoms with E-state index in [0.29, 0.717) is 6.54 Å². The fourth-order valence-corrected chi connectivity index (χ4v) is 3.14. The molecule has 8 nitrogen and oxygen atoms in total. The molecule has 29 heavy (non-hydrogen) atoms. The van der Waals surface area contributed by atoms with E-state index in [2.05, 4.69) is 5.32 Å². The lowest BCUT2D eigenvalue weighted by Gasteiger charge is -2.17. The van der Waals surface area contributed by atoms with E-state index in [9.17, 15) is 18.0 Å². The molecule has 2 rings (SSSR count). The maximum absolute atomic E-state index is 12.5. The van der Waals surface area contributed by atoms with E-state index in [0.717, 1.165) is 11.6 Å². The van der Waals surface area contributed by atoms with Crippen molar-refractivity contribution in [2.75, 3.05) is 13.7 Å². The molecule has 156 valence electrons. The minimum atomic E-state index is -4.02. The highest BCUT2D eigenvalue weighted by Crippen LogP contribution is 2.23. The van der Waals surface area contributed by atoms with Gasteiger partial charge in [-0.1, -0.05) is 37.3 Å². The zero-order valence-electron chi connectivity index (χ0n) is 16.4. The molecule has 0 heterocycles. The first-order valence-electron chi connectivity index (χ1n) is 8.88. The molecule has 0 radical (unpaired) electrons. The number of rotatable bonds is 8. The molecule has 0 spiro atoms. The van der Waals surface area contributed by atoms with Gasteiger partial charge in [-0.2, -0.15) is 0 Å². The Morgan fingerprint density at radius 1 is 1.10 bits per heavy atom. The Morgan fingerprint density at radius 3 is 2.34 bits per heavy atom. The Bertz CT molecular complexity index is 976. The average molecular weight is 420 g/mol. The highest BCUT2D eigenvalue weighted by atomic mass is 32.2. The van der Waals surface area contributed by atoms with Crippen LogP contribution in [-0.2, 0) is 19.6 Å². The first kappa shape index (κ1) is 22.4. The Kier molecular flexibility index (Phi) is 7.35. The van der Waals surface area contributed by atoms with Gasteiger partial charge in [-0.05, 0) is 36.6 Å². The Morgan fingerprint density at radius 2 is 1.76 bits per heavy atom. The molecule has 0 fully saturated rings. The van der Waals surface area contributed by atoms with Gasteiger partial charge in [-0.25, -0.2) is 18.4 Å². The molecule has 2 atom stereocenters. The summed E-state index contributed by atoms with van der Waals surface area (Å²) in [7, 11) is -2.69. The summed E-state index contributed by atoms with van der Waals surface area (Å²) >= 11 is 0. The van der Waals surface area contributed by atoms with Gasteiger partial charge in [-0.15, -0.1) is 0 Å². The molecule has 0 saturated heterocycles. The van der Waals surface area contributed by atoms with Gasteiger partial charge in [0.25, 0.3) is 5.91 Å². The van der Waals surface area contributed by atoms with Gasteiger partial charge in [-0.3, -0.25) is 4.79 Å². The summed E-state index contributed by atoms with van der Waals surface area (Å²) in [5, 5.41) is 7.84. The largest absolute Gasteiger partial charge is 0.496 e. The first-order valence-corrected chi connectivity index (χ1v) is 10.4. The minimum Gasteiger partial charge on any atom is -0.496 e. The molecule has 0 aliphatic rings. The second-order valence-electron chi connectivity index (χ2n) is 6.51. The van der Waals surface area contributed by atoms with E-state index in [4.69, 9.17) is 14.6 Å². The van der Waals surface area contributed by atoms with Crippen LogP contribution in [0.4, 0.5) is 0 Å². The number of hydrogen-bond donors (Lipinski definition) is 2. The van der Waals surface area contributed by atoms with E-state index in [1.807, 2.05) is 37.3 Å². The predicted molar refractivity (Wildman–Crippen MR) is 107 cm³/mol. The molecular formula is C20H24N2O6S. The van der Waals surface area contributed by atoms with Crippen molar-refractivity contribution < 1.29 is 27.5 Å². The predicted octanol–water partition coefficient (Wildman–Crippen LogP) is 1.81. The molecule has 9 heteroatoms. The molecule has 0 bridgehead atoms. The Labute approximate surface area is 170 Å². The van der Waals surface area contributed by atoms with Crippen LogP contribution >= 0.6 is 0 Å². The maximum atomic E-state index is 12.5. The van der Waals surface area contributed by atoms with Crippen molar-refractivity contribution in [3.8, 4) is 5.75 Å². The third-order valence-corrected chi connectivity index (χ3v) is 5.23. The SMILES string of the molecule is COc1ccc(S(N)(=O)=O)cc1C(=O)O[C@H](C)C(=O)NC[C@@H](C)c1ccccc1. The molecule has 0 aliphatic heterocycles. The minimum absolute atomic E-state index is 0.0783. The van der Waals surface area contributed by atoms with Crippen LogP contribution in [0.3, 0.4) is 0 Å². The molecular weight excluding hydrogens is 396 g/mol. The zero-order valence-corrected chi connectivity index (χ0v) is 17.2. The van der Waals surface area contributed by atoms with Crippen LogP contribution in [0, 0.1) is 0 Å². The van der Waals surface area contributed by atoms with Gasteiger partial charge in [0.05, 0.1) is 12.0 Å². The number of nitrogens with two attached hydrogens (primary N) is 1. The Hall–Kier alpha value is -2.91. The number of benzene rings is 2. The highest BCUT2D eigenvalue weighted by molar-refractivity contribution is 7.89. The topological polar surface area (TPSA) is 125 Å². The summed E-state index contributed by atoms with van der Waals surface area (Å²) in [5.41, 5.74) is 0.929. The van der Waals surface area contributed by atoms with Crippen LogP contribution in [0.25, 0.3) is 0 Å².